The van der Waals surface area contributed by atoms with E-state index in [4.69, 9.17) is 9.47 Å². The summed E-state index contributed by atoms with van der Waals surface area (Å²) in [5.74, 6) is 2.80. The Hall–Kier alpha value is -0.550. The Labute approximate surface area is 163 Å². The summed E-state index contributed by atoms with van der Waals surface area (Å²) in [5, 5.41) is 0.258. The quantitative estimate of drug-likeness (QED) is 0.414. The minimum absolute atomic E-state index is 0.0973. The third kappa shape index (κ3) is 8.90. The minimum atomic E-state index is -0.0973. The monoisotopic (exact) mass is 384 g/mol. The normalized spacial score (nSPS) is 29.3. The van der Waals surface area contributed by atoms with Gasteiger partial charge in [-0.15, -0.1) is 0 Å². The largest absolute Gasteiger partial charge is 0.465 e. The number of carbonyl (C=O) groups excluding carboxylic acids is 2. The van der Waals surface area contributed by atoms with Crippen LogP contribution in [0.3, 0.4) is 0 Å². The van der Waals surface area contributed by atoms with Crippen molar-refractivity contribution in [1.29, 1.82) is 0 Å². The lowest BCUT2D eigenvalue weighted by Gasteiger charge is -2.26. The average Bonchev–Trinajstić information content (AvgIpc) is 2.63. The van der Waals surface area contributed by atoms with Crippen LogP contribution in [-0.2, 0) is 19.1 Å². The molecule has 1 saturated heterocycles. The molecule has 1 aliphatic carbocycles. The molecule has 2 fully saturated rings. The molecule has 150 valence electrons. The van der Waals surface area contributed by atoms with Gasteiger partial charge in [-0.05, 0) is 63.2 Å². The van der Waals surface area contributed by atoms with Crippen LogP contribution in [0.1, 0.15) is 78.1 Å². The van der Waals surface area contributed by atoms with Gasteiger partial charge in [-0.25, -0.2) is 0 Å². The summed E-state index contributed by atoms with van der Waals surface area (Å²) in [4.78, 5) is 23.8. The molecule has 0 aromatic heterocycles. The minimum Gasteiger partial charge on any atom is -0.465 e. The van der Waals surface area contributed by atoms with Crippen molar-refractivity contribution in [2.75, 3.05) is 19.0 Å². The van der Waals surface area contributed by atoms with Crippen molar-refractivity contribution < 1.29 is 19.1 Å². The summed E-state index contributed by atoms with van der Waals surface area (Å²) < 4.78 is 11.0. The summed E-state index contributed by atoms with van der Waals surface area (Å²) in [6.45, 7) is 5.81. The molecule has 2 unspecified atom stereocenters. The lowest BCUT2D eigenvalue weighted by Crippen LogP contribution is -2.24. The van der Waals surface area contributed by atoms with Gasteiger partial charge in [0.2, 0.25) is 0 Å². The topological polar surface area (TPSA) is 52.6 Å². The van der Waals surface area contributed by atoms with Crippen LogP contribution in [0.15, 0.2) is 0 Å². The third-order valence-electron chi connectivity index (χ3n) is 5.70. The van der Waals surface area contributed by atoms with Crippen molar-refractivity contribution in [3.05, 3.63) is 0 Å². The highest BCUT2D eigenvalue weighted by Crippen LogP contribution is 2.28. The molecular formula is C21H36O4S. The number of thioether (sulfide) groups is 1. The van der Waals surface area contributed by atoms with Crippen molar-refractivity contribution >= 4 is 22.8 Å². The van der Waals surface area contributed by atoms with E-state index in [-0.39, 0.29) is 11.1 Å². The van der Waals surface area contributed by atoms with Gasteiger partial charge in [0.05, 0.1) is 12.7 Å². The first-order chi connectivity index (χ1) is 12.5. The first kappa shape index (κ1) is 21.7. The van der Waals surface area contributed by atoms with E-state index in [9.17, 15) is 9.59 Å². The second kappa shape index (κ2) is 12.0. The van der Waals surface area contributed by atoms with E-state index >= 15 is 0 Å². The van der Waals surface area contributed by atoms with Crippen molar-refractivity contribution in [2.24, 2.45) is 17.8 Å². The van der Waals surface area contributed by atoms with Crippen LogP contribution in [0.5, 0.6) is 0 Å². The Morgan fingerprint density at radius 1 is 1.00 bits per heavy atom. The van der Waals surface area contributed by atoms with E-state index in [1.165, 1.54) is 37.4 Å². The highest BCUT2D eigenvalue weighted by molar-refractivity contribution is 8.13. The Balaban J connectivity index is 1.45. The van der Waals surface area contributed by atoms with E-state index in [1.807, 2.05) is 0 Å². The molecule has 1 aliphatic heterocycles. The molecule has 0 radical (unpaired) electrons. The van der Waals surface area contributed by atoms with Crippen LogP contribution < -0.4 is 0 Å². The molecule has 0 aromatic rings. The highest BCUT2D eigenvalue weighted by Gasteiger charge is 2.21. The van der Waals surface area contributed by atoms with Gasteiger partial charge in [-0.2, -0.15) is 0 Å². The van der Waals surface area contributed by atoms with E-state index in [0.29, 0.717) is 37.4 Å². The lowest BCUT2D eigenvalue weighted by atomic mass is 9.83. The maximum atomic E-state index is 12.0. The number of hydrogen-bond donors (Lipinski definition) is 0. The maximum Gasteiger partial charge on any atom is 0.305 e. The number of carbonyl (C=O) groups is 2. The molecule has 2 rings (SSSR count). The van der Waals surface area contributed by atoms with Crippen molar-refractivity contribution in [3.8, 4) is 0 Å². The van der Waals surface area contributed by atoms with E-state index in [2.05, 4.69) is 13.8 Å². The Morgan fingerprint density at radius 3 is 2.46 bits per heavy atom. The fraction of sp³-hybridized carbons (Fsp3) is 0.905. The molecule has 5 heteroatoms. The average molecular weight is 385 g/mol. The number of hydrogen-bond acceptors (Lipinski definition) is 5. The van der Waals surface area contributed by atoms with Gasteiger partial charge in [0.25, 0.3) is 0 Å². The summed E-state index contributed by atoms with van der Waals surface area (Å²) in [6, 6.07) is 0. The molecule has 0 spiro atoms. The molecule has 0 amide bonds. The molecule has 1 heterocycles. The number of rotatable bonds is 9. The van der Waals surface area contributed by atoms with Crippen LogP contribution in [-0.4, -0.2) is 36.2 Å². The Bertz CT molecular complexity index is 432. The van der Waals surface area contributed by atoms with Gasteiger partial charge < -0.3 is 9.47 Å². The molecule has 2 aliphatic rings. The van der Waals surface area contributed by atoms with Gasteiger partial charge in [0.1, 0.15) is 0 Å². The summed E-state index contributed by atoms with van der Waals surface area (Å²) in [5.41, 5.74) is 0. The van der Waals surface area contributed by atoms with Crippen LogP contribution in [0, 0.1) is 17.8 Å². The standard InChI is InChI=1S/C21H36O4S/c1-16-7-9-18(10-8-16)14-25-20(22)5-3-4-6-21(23)26-15-19-11-12-24-17(2)13-19/h16-19H,3-15H2,1-2H3. The van der Waals surface area contributed by atoms with Gasteiger partial charge >= 0.3 is 5.97 Å². The third-order valence-corrected chi connectivity index (χ3v) is 6.87. The molecule has 26 heavy (non-hydrogen) atoms. The molecule has 0 bridgehead atoms. The lowest BCUT2D eigenvalue weighted by molar-refractivity contribution is -0.145. The molecular weight excluding hydrogens is 348 g/mol. The molecule has 0 aromatic carbocycles. The summed E-state index contributed by atoms with van der Waals surface area (Å²) >= 11 is 1.46. The van der Waals surface area contributed by atoms with Crippen molar-refractivity contribution in [2.45, 2.75) is 84.2 Å². The predicted octanol–water partition coefficient (Wildman–Crippen LogP) is 4.99. The highest BCUT2D eigenvalue weighted by atomic mass is 32.2. The zero-order valence-electron chi connectivity index (χ0n) is 16.5. The van der Waals surface area contributed by atoms with Gasteiger partial charge in [-0.1, -0.05) is 31.5 Å². The van der Waals surface area contributed by atoms with Crippen molar-refractivity contribution in [3.63, 3.8) is 0 Å². The SMILES string of the molecule is CC1CCC(COC(=O)CCCCC(=O)SCC2CCOC(C)C2)CC1. The molecule has 4 nitrogen and oxygen atoms in total. The zero-order valence-corrected chi connectivity index (χ0v) is 17.4. The van der Waals surface area contributed by atoms with E-state index < -0.39 is 0 Å². The molecule has 0 N–H and O–H groups in total. The Morgan fingerprint density at radius 2 is 1.73 bits per heavy atom. The second-order valence-electron chi connectivity index (χ2n) is 8.27. The zero-order chi connectivity index (χ0) is 18.8. The molecule has 2 atom stereocenters. The number of unbranched alkanes of at least 4 members (excludes halogenated alkanes) is 1. The van der Waals surface area contributed by atoms with E-state index in [0.717, 1.165) is 44.0 Å². The smallest absolute Gasteiger partial charge is 0.305 e. The van der Waals surface area contributed by atoms with E-state index in [1.54, 1.807) is 0 Å². The number of ether oxygens (including phenoxy) is 2. The fourth-order valence-electron chi connectivity index (χ4n) is 3.84. The fourth-order valence-corrected chi connectivity index (χ4v) is 4.86. The second-order valence-corrected chi connectivity index (χ2v) is 9.35. The van der Waals surface area contributed by atoms with Gasteiger partial charge in [-0.3, -0.25) is 9.59 Å². The van der Waals surface area contributed by atoms with Crippen LogP contribution in [0.4, 0.5) is 0 Å². The predicted molar refractivity (Wildman–Crippen MR) is 106 cm³/mol. The van der Waals surface area contributed by atoms with Crippen LogP contribution in [0.25, 0.3) is 0 Å². The van der Waals surface area contributed by atoms with Gasteiger partial charge in [0.15, 0.2) is 5.12 Å². The summed E-state index contributed by atoms with van der Waals surface area (Å²) in [6.07, 6.45) is 9.89. The molecule has 1 saturated carbocycles. The first-order valence-corrected chi connectivity index (χ1v) is 11.4. The van der Waals surface area contributed by atoms with Crippen molar-refractivity contribution in [1.82, 2.24) is 0 Å². The first-order valence-electron chi connectivity index (χ1n) is 10.5. The van der Waals surface area contributed by atoms with Crippen LogP contribution in [0.2, 0.25) is 0 Å². The Kier molecular flexibility index (Phi) is 10.1. The maximum absolute atomic E-state index is 12.0. The summed E-state index contributed by atoms with van der Waals surface area (Å²) in [7, 11) is 0. The van der Waals surface area contributed by atoms with Gasteiger partial charge in [0, 0.05) is 25.2 Å². The number of esters is 1. The van der Waals surface area contributed by atoms with Crippen LogP contribution >= 0.6 is 11.8 Å².